The summed E-state index contributed by atoms with van der Waals surface area (Å²) in [6, 6.07) is -0.0172. The zero-order chi connectivity index (χ0) is 14.6. The number of unbranched alkanes of at least 4 members (excludes halogenated alkanes) is 9. The SMILES string of the molecule is CCCCCCCCCCCCn1cc(C(C)N)nn1. The normalized spacial score (nSPS) is 12.8. The highest BCUT2D eigenvalue weighted by molar-refractivity contribution is 4.97. The van der Waals surface area contributed by atoms with Gasteiger partial charge in [0.05, 0.1) is 11.9 Å². The first-order chi connectivity index (χ1) is 9.74. The quantitative estimate of drug-likeness (QED) is 0.583. The van der Waals surface area contributed by atoms with Crippen molar-refractivity contribution in [2.75, 3.05) is 0 Å². The number of rotatable bonds is 12. The molecule has 0 fully saturated rings. The molecule has 116 valence electrons. The van der Waals surface area contributed by atoms with E-state index in [-0.39, 0.29) is 6.04 Å². The van der Waals surface area contributed by atoms with Crippen LogP contribution in [0, 0.1) is 0 Å². The van der Waals surface area contributed by atoms with Crippen molar-refractivity contribution in [1.82, 2.24) is 15.0 Å². The summed E-state index contributed by atoms with van der Waals surface area (Å²) in [5.41, 5.74) is 6.65. The van der Waals surface area contributed by atoms with E-state index in [0.29, 0.717) is 0 Å². The van der Waals surface area contributed by atoms with E-state index in [4.69, 9.17) is 5.73 Å². The summed E-state index contributed by atoms with van der Waals surface area (Å²) >= 11 is 0. The summed E-state index contributed by atoms with van der Waals surface area (Å²) in [5.74, 6) is 0. The second-order valence-corrected chi connectivity index (χ2v) is 5.88. The fourth-order valence-electron chi connectivity index (χ4n) is 2.39. The third-order valence-electron chi connectivity index (χ3n) is 3.76. The molecule has 1 heterocycles. The molecule has 4 nitrogen and oxygen atoms in total. The lowest BCUT2D eigenvalue weighted by Crippen LogP contribution is -2.05. The molecule has 0 saturated heterocycles. The Balaban J connectivity index is 1.91. The number of aromatic nitrogens is 3. The molecule has 0 bridgehead atoms. The van der Waals surface area contributed by atoms with Crippen LogP contribution in [0.4, 0.5) is 0 Å². The van der Waals surface area contributed by atoms with Crippen molar-refractivity contribution in [1.29, 1.82) is 0 Å². The lowest BCUT2D eigenvalue weighted by atomic mass is 10.1. The highest BCUT2D eigenvalue weighted by Crippen LogP contribution is 2.11. The van der Waals surface area contributed by atoms with Gasteiger partial charge in [0.1, 0.15) is 0 Å². The van der Waals surface area contributed by atoms with Crippen LogP contribution in [0.25, 0.3) is 0 Å². The van der Waals surface area contributed by atoms with E-state index in [1.54, 1.807) is 0 Å². The smallest absolute Gasteiger partial charge is 0.0991 e. The Bertz CT molecular complexity index is 333. The lowest BCUT2D eigenvalue weighted by molar-refractivity contribution is 0.507. The van der Waals surface area contributed by atoms with E-state index < -0.39 is 0 Å². The van der Waals surface area contributed by atoms with Crippen LogP contribution >= 0.6 is 0 Å². The van der Waals surface area contributed by atoms with Gasteiger partial charge in [-0.2, -0.15) is 0 Å². The van der Waals surface area contributed by atoms with Crippen LogP contribution in [0.2, 0.25) is 0 Å². The molecular weight excluding hydrogens is 248 g/mol. The van der Waals surface area contributed by atoms with Crippen molar-refractivity contribution in [3.05, 3.63) is 11.9 Å². The molecule has 0 aliphatic heterocycles. The maximum Gasteiger partial charge on any atom is 0.0991 e. The number of nitrogens with two attached hydrogens (primary N) is 1. The lowest BCUT2D eigenvalue weighted by Gasteiger charge is -2.02. The molecule has 0 saturated carbocycles. The van der Waals surface area contributed by atoms with E-state index >= 15 is 0 Å². The van der Waals surface area contributed by atoms with Crippen molar-refractivity contribution in [3.8, 4) is 0 Å². The summed E-state index contributed by atoms with van der Waals surface area (Å²) < 4.78 is 1.92. The molecule has 1 aromatic heterocycles. The number of hydrogen-bond donors (Lipinski definition) is 1. The topological polar surface area (TPSA) is 56.7 Å². The molecule has 0 radical (unpaired) electrons. The van der Waals surface area contributed by atoms with Crippen molar-refractivity contribution in [3.63, 3.8) is 0 Å². The number of aryl methyl sites for hydroxylation is 1. The minimum absolute atomic E-state index is 0.0172. The predicted molar refractivity (Wildman–Crippen MR) is 84.5 cm³/mol. The Morgan fingerprint density at radius 1 is 1.00 bits per heavy atom. The average molecular weight is 280 g/mol. The third kappa shape index (κ3) is 7.63. The van der Waals surface area contributed by atoms with Gasteiger partial charge in [-0.1, -0.05) is 69.9 Å². The van der Waals surface area contributed by atoms with Crippen LogP contribution in [0.1, 0.15) is 89.8 Å². The van der Waals surface area contributed by atoms with Crippen LogP contribution in [0.3, 0.4) is 0 Å². The fraction of sp³-hybridized carbons (Fsp3) is 0.875. The number of nitrogens with zero attached hydrogens (tertiary/aromatic N) is 3. The Morgan fingerprint density at radius 2 is 1.55 bits per heavy atom. The summed E-state index contributed by atoms with van der Waals surface area (Å²) in [6.07, 6.45) is 15.6. The van der Waals surface area contributed by atoms with E-state index in [1.807, 2.05) is 17.8 Å². The molecule has 0 aliphatic rings. The van der Waals surface area contributed by atoms with Gasteiger partial charge >= 0.3 is 0 Å². The average Bonchev–Trinajstić information content (AvgIpc) is 2.90. The zero-order valence-corrected chi connectivity index (χ0v) is 13.4. The summed E-state index contributed by atoms with van der Waals surface area (Å²) in [5, 5.41) is 8.17. The van der Waals surface area contributed by atoms with Gasteiger partial charge in [0.15, 0.2) is 0 Å². The van der Waals surface area contributed by atoms with Crippen LogP contribution in [0.15, 0.2) is 6.20 Å². The Morgan fingerprint density at radius 3 is 2.05 bits per heavy atom. The second kappa shape index (κ2) is 10.8. The van der Waals surface area contributed by atoms with E-state index in [9.17, 15) is 0 Å². The Hall–Kier alpha value is -0.900. The molecule has 0 aliphatic carbocycles. The highest BCUT2D eigenvalue weighted by atomic mass is 15.4. The maximum atomic E-state index is 5.76. The predicted octanol–water partition coefficient (Wildman–Crippen LogP) is 4.22. The monoisotopic (exact) mass is 280 g/mol. The first-order valence-corrected chi connectivity index (χ1v) is 8.39. The van der Waals surface area contributed by atoms with Gasteiger partial charge in [0.2, 0.25) is 0 Å². The van der Waals surface area contributed by atoms with Crippen molar-refractivity contribution < 1.29 is 0 Å². The molecule has 1 atom stereocenters. The van der Waals surface area contributed by atoms with E-state index in [1.165, 1.54) is 64.2 Å². The molecular formula is C16H32N4. The first-order valence-electron chi connectivity index (χ1n) is 8.39. The molecule has 0 spiro atoms. The highest BCUT2D eigenvalue weighted by Gasteiger charge is 2.04. The molecule has 1 rings (SSSR count). The molecule has 2 N–H and O–H groups in total. The Labute approximate surface area is 124 Å². The van der Waals surface area contributed by atoms with Crippen molar-refractivity contribution >= 4 is 0 Å². The summed E-state index contributed by atoms with van der Waals surface area (Å²) in [4.78, 5) is 0. The molecule has 1 unspecified atom stereocenters. The van der Waals surface area contributed by atoms with E-state index in [0.717, 1.165) is 12.2 Å². The molecule has 20 heavy (non-hydrogen) atoms. The molecule has 4 heteroatoms. The van der Waals surface area contributed by atoms with Gasteiger partial charge in [0.25, 0.3) is 0 Å². The van der Waals surface area contributed by atoms with Gasteiger partial charge in [-0.3, -0.25) is 4.68 Å². The first kappa shape index (κ1) is 17.2. The van der Waals surface area contributed by atoms with Crippen LogP contribution in [0.5, 0.6) is 0 Å². The zero-order valence-electron chi connectivity index (χ0n) is 13.4. The Kier molecular flexibility index (Phi) is 9.29. The van der Waals surface area contributed by atoms with Crippen molar-refractivity contribution in [2.24, 2.45) is 5.73 Å². The van der Waals surface area contributed by atoms with Crippen molar-refractivity contribution in [2.45, 2.75) is 90.6 Å². The summed E-state index contributed by atoms with van der Waals surface area (Å²) in [6.45, 7) is 5.18. The minimum atomic E-state index is -0.0172. The van der Waals surface area contributed by atoms with Crippen LogP contribution in [-0.4, -0.2) is 15.0 Å². The van der Waals surface area contributed by atoms with E-state index in [2.05, 4.69) is 17.2 Å². The van der Waals surface area contributed by atoms with Gasteiger partial charge in [-0.25, -0.2) is 0 Å². The second-order valence-electron chi connectivity index (χ2n) is 5.88. The van der Waals surface area contributed by atoms with Gasteiger partial charge in [0, 0.05) is 12.6 Å². The standard InChI is InChI=1S/C16H32N4/c1-3-4-5-6-7-8-9-10-11-12-13-20-14-16(15(2)17)18-19-20/h14-15H,3-13,17H2,1-2H3. The van der Waals surface area contributed by atoms with Gasteiger partial charge in [-0.05, 0) is 13.3 Å². The maximum absolute atomic E-state index is 5.76. The van der Waals surface area contributed by atoms with Crippen LogP contribution in [-0.2, 0) is 6.54 Å². The van der Waals surface area contributed by atoms with Crippen LogP contribution < -0.4 is 5.73 Å². The molecule has 1 aromatic rings. The fourth-order valence-corrected chi connectivity index (χ4v) is 2.39. The summed E-state index contributed by atoms with van der Waals surface area (Å²) in [7, 11) is 0. The van der Waals surface area contributed by atoms with Gasteiger partial charge < -0.3 is 5.73 Å². The minimum Gasteiger partial charge on any atom is -0.323 e. The molecule has 0 amide bonds. The largest absolute Gasteiger partial charge is 0.323 e. The molecule has 0 aromatic carbocycles. The third-order valence-corrected chi connectivity index (χ3v) is 3.76. The van der Waals surface area contributed by atoms with Gasteiger partial charge in [-0.15, -0.1) is 5.10 Å². The number of hydrogen-bond acceptors (Lipinski definition) is 3.